The first-order chi connectivity index (χ1) is 19.3. The van der Waals surface area contributed by atoms with Crippen LogP contribution in [-0.4, -0.2) is 85.7 Å². The number of hydrogen-bond donors (Lipinski definition) is 0. The van der Waals surface area contributed by atoms with Crippen LogP contribution in [0.4, 0.5) is 5.69 Å². The fourth-order valence-corrected chi connectivity index (χ4v) is 7.12. The van der Waals surface area contributed by atoms with Crippen LogP contribution in [0.15, 0.2) is 47.5 Å². The molecule has 1 saturated heterocycles. The predicted molar refractivity (Wildman–Crippen MR) is 152 cm³/mol. The molecule has 0 bridgehead atoms. The molecule has 3 rings (SSSR count). The van der Waals surface area contributed by atoms with E-state index in [0.29, 0.717) is 3.76 Å². The number of para-hydroxylation sites is 1. The number of benzene rings is 2. The monoisotopic (exact) mass is 683 g/mol. The van der Waals surface area contributed by atoms with Gasteiger partial charge in [0, 0.05) is 0 Å². The number of esters is 4. The van der Waals surface area contributed by atoms with Gasteiger partial charge in [0.25, 0.3) is 0 Å². The molecule has 41 heavy (non-hydrogen) atoms. The Labute approximate surface area is 249 Å². The number of aliphatic imine (C=N–C) groups is 1. The van der Waals surface area contributed by atoms with Crippen LogP contribution in [0.2, 0.25) is 0 Å². The summed E-state index contributed by atoms with van der Waals surface area (Å²) in [4.78, 5) is 53.6. The molecule has 0 amide bonds. The number of rotatable bonds is 9. The average molecular weight is 681 g/mol. The van der Waals surface area contributed by atoms with Crippen LogP contribution >= 0.6 is 0 Å². The van der Waals surface area contributed by atoms with Crippen molar-refractivity contribution in [2.45, 2.75) is 79.0 Å². The van der Waals surface area contributed by atoms with Gasteiger partial charge in [-0.3, -0.25) is 0 Å². The summed E-state index contributed by atoms with van der Waals surface area (Å²) in [5, 5.41) is 0. The molecule has 0 spiro atoms. The summed E-state index contributed by atoms with van der Waals surface area (Å²) in [5.41, 5.74) is 3.71. The normalized spacial score (nSPS) is 22.4. The number of hydrogen-bond acceptors (Lipinski definition) is 10. The molecule has 0 N–H and O–H groups in total. The van der Waals surface area contributed by atoms with E-state index in [-0.39, 0.29) is 6.61 Å². The second kappa shape index (κ2) is 14.6. The van der Waals surface area contributed by atoms with Crippen molar-refractivity contribution >= 4 is 57.9 Å². The van der Waals surface area contributed by atoms with Gasteiger partial charge in [0.15, 0.2) is 0 Å². The summed E-state index contributed by atoms with van der Waals surface area (Å²) in [6, 6.07) is 13.9. The Bertz CT molecular complexity index is 1290. The van der Waals surface area contributed by atoms with Gasteiger partial charge in [0.1, 0.15) is 0 Å². The number of ether oxygens (including phenoxy) is 5. The van der Waals surface area contributed by atoms with Crippen LogP contribution in [0, 0.1) is 20.8 Å². The van der Waals surface area contributed by atoms with Gasteiger partial charge in [-0.05, 0) is 0 Å². The quantitative estimate of drug-likeness (QED) is 0.170. The first-order valence-electron chi connectivity index (χ1n) is 13.1. The Kier molecular flexibility index (Phi) is 11.5. The molecule has 220 valence electrons. The van der Waals surface area contributed by atoms with Gasteiger partial charge < -0.3 is 0 Å². The van der Waals surface area contributed by atoms with Crippen LogP contribution in [0.25, 0.3) is 0 Å². The van der Waals surface area contributed by atoms with E-state index in [4.69, 9.17) is 28.7 Å². The molecule has 0 unspecified atom stereocenters. The summed E-state index contributed by atoms with van der Waals surface area (Å²) in [7, 11) is 0. The van der Waals surface area contributed by atoms with Crippen LogP contribution in [0.5, 0.6) is 0 Å². The van der Waals surface area contributed by atoms with Crippen LogP contribution in [-0.2, 0) is 42.9 Å². The van der Waals surface area contributed by atoms with Crippen molar-refractivity contribution in [1.29, 1.82) is 0 Å². The molecule has 1 aliphatic rings. The van der Waals surface area contributed by atoms with E-state index >= 15 is 0 Å². The van der Waals surface area contributed by atoms with Gasteiger partial charge >= 0.3 is 250 Å². The van der Waals surface area contributed by atoms with Crippen molar-refractivity contribution in [2.24, 2.45) is 4.99 Å². The molecular weight excluding hydrogens is 646 g/mol. The third-order valence-electron chi connectivity index (χ3n) is 6.14. The van der Waals surface area contributed by atoms with Crippen molar-refractivity contribution in [1.82, 2.24) is 0 Å². The van der Waals surface area contributed by atoms with Crippen molar-refractivity contribution in [2.75, 3.05) is 6.61 Å². The third-order valence-corrected chi connectivity index (χ3v) is 9.11. The fourth-order valence-electron chi connectivity index (χ4n) is 4.39. The summed E-state index contributed by atoms with van der Waals surface area (Å²) in [6.45, 7) is 10.5. The van der Waals surface area contributed by atoms with E-state index in [0.717, 1.165) is 26.0 Å². The molecule has 0 aliphatic carbocycles. The molecule has 11 heteroatoms. The zero-order chi connectivity index (χ0) is 30.3. The Morgan fingerprint density at radius 1 is 0.756 bits per heavy atom. The Morgan fingerprint density at radius 3 is 1.83 bits per heavy atom. The molecule has 1 aliphatic heterocycles. The van der Waals surface area contributed by atoms with E-state index < -0.39 is 75.3 Å². The Hall–Kier alpha value is -3.26. The first kappa shape index (κ1) is 32.3. The van der Waals surface area contributed by atoms with Crippen LogP contribution in [0.3, 0.4) is 0 Å². The van der Waals surface area contributed by atoms with Gasteiger partial charge in [-0.15, -0.1) is 0 Å². The number of aryl methyl sites for hydroxylation is 3. The van der Waals surface area contributed by atoms with Gasteiger partial charge in [0.2, 0.25) is 0 Å². The summed E-state index contributed by atoms with van der Waals surface area (Å²) >= 11 is -1.26. The molecule has 2 aromatic carbocycles. The van der Waals surface area contributed by atoms with E-state index in [9.17, 15) is 19.2 Å². The molecule has 1 fully saturated rings. The molecule has 1 heterocycles. The van der Waals surface area contributed by atoms with E-state index in [1.165, 1.54) is 27.7 Å². The summed E-state index contributed by atoms with van der Waals surface area (Å²) in [5.74, 6) is -2.58. The van der Waals surface area contributed by atoms with E-state index in [2.05, 4.69) is 0 Å². The topological polar surface area (TPSA) is 127 Å². The third kappa shape index (κ3) is 9.12. The molecule has 0 aromatic heterocycles. The van der Waals surface area contributed by atoms with Gasteiger partial charge in [-0.2, -0.15) is 0 Å². The number of nitrogens with zero attached hydrogens (tertiary/aromatic N) is 1. The van der Waals surface area contributed by atoms with Gasteiger partial charge in [0.05, 0.1) is 0 Å². The zero-order valence-corrected chi connectivity index (χ0v) is 26.5. The van der Waals surface area contributed by atoms with Crippen LogP contribution in [0.1, 0.15) is 44.4 Å². The minimum absolute atomic E-state index is 0.296. The molecule has 0 saturated carbocycles. The molecular formula is C30H35NO9Te. The second-order valence-corrected chi connectivity index (χ2v) is 12.8. The minimum atomic E-state index is -1.26. The van der Waals surface area contributed by atoms with Crippen molar-refractivity contribution in [3.63, 3.8) is 0 Å². The van der Waals surface area contributed by atoms with Crippen molar-refractivity contribution < 1.29 is 42.9 Å². The van der Waals surface area contributed by atoms with Gasteiger partial charge in [-0.25, -0.2) is 0 Å². The second-order valence-electron chi connectivity index (χ2n) is 9.73. The maximum atomic E-state index is 12.4. The summed E-state index contributed by atoms with van der Waals surface area (Å²) in [6.07, 6.45) is -5.73. The fraction of sp³-hybridized carbons (Fsp3) is 0.433. The van der Waals surface area contributed by atoms with Gasteiger partial charge in [-0.1, -0.05) is 0 Å². The average Bonchev–Trinajstić information content (AvgIpc) is 2.87. The van der Waals surface area contributed by atoms with Crippen molar-refractivity contribution in [3.05, 3.63) is 59.2 Å². The maximum absolute atomic E-state index is 12.4. The molecule has 0 radical (unpaired) electrons. The standard InChI is InChI=1S/C30H35NO9Te/c1-16-11-13-23(14-12-16)41-30(31-25-17(2)9-8-10-18(25)3)29-28(39-22(7)35)27(38-21(6)34)26(37-20(5)33)24(40-29)15-36-19(4)32/h8-14,24,26-29H,15H2,1-7H3/t24-,26+,27+,28-,29+/m1/s1. The van der Waals surface area contributed by atoms with Crippen LogP contribution < -0.4 is 3.61 Å². The van der Waals surface area contributed by atoms with E-state index in [1.807, 2.05) is 63.2 Å². The molecule has 10 nitrogen and oxygen atoms in total. The zero-order valence-electron chi connectivity index (χ0n) is 24.2. The Balaban J connectivity index is 2.23. The number of carbonyl (C=O) groups excluding carboxylic acids is 4. The predicted octanol–water partition coefficient (Wildman–Crippen LogP) is 2.80. The SMILES string of the molecule is CC(=O)OC[C@H]1O[C@H](C(=Nc2c(C)cccc2C)[Te]c2ccc(C)cc2)[C@H](OC(C)=O)[C@@H](OC(C)=O)[C@H]1OC(C)=O. The molecule has 2 aromatic rings. The van der Waals surface area contributed by atoms with Crippen molar-refractivity contribution in [3.8, 4) is 0 Å². The number of carbonyl (C=O) groups is 4. The first-order valence-corrected chi connectivity index (χ1v) is 15.4. The summed E-state index contributed by atoms with van der Waals surface area (Å²) < 4.78 is 30.3. The Morgan fingerprint density at radius 2 is 1.29 bits per heavy atom. The molecule has 5 atom stereocenters. The van der Waals surface area contributed by atoms with E-state index in [1.54, 1.807) is 0 Å².